The summed E-state index contributed by atoms with van der Waals surface area (Å²) in [6, 6.07) is 2.47. The summed E-state index contributed by atoms with van der Waals surface area (Å²) in [4.78, 5) is 0. The van der Waals surface area contributed by atoms with Crippen LogP contribution in [0.2, 0.25) is 0 Å². The Labute approximate surface area is 187 Å². The standard InChI is InChI=1S/C28H40F2O/c1-2-5-20-8-12-22(13-9-20)23-14-10-21(11-15-23)6-3-4-7-25-17-16-24-18-26(29)27(30)19-28(24)31-25/h4,7,18-23,25H,2-3,5-6,8-17H2,1H3. The van der Waals surface area contributed by atoms with Crippen LogP contribution in [-0.4, -0.2) is 6.10 Å². The molecule has 3 aliphatic rings. The summed E-state index contributed by atoms with van der Waals surface area (Å²) in [5.74, 6) is 2.80. The molecule has 0 spiro atoms. The second-order valence-electron chi connectivity index (χ2n) is 10.4. The maximum Gasteiger partial charge on any atom is 0.162 e. The Morgan fingerprint density at radius 1 is 0.839 bits per heavy atom. The normalized spacial score (nSPS) is 31.4. The molecule has 2 aliphatic carbocycles. The molecule has 3 heteroatoms. The summed E-state index contributed by atoms with van der Waals surface area (Å²) in [5.41, 5.74) is 0.777. The van der Waals surface area contributed by atoms with Crippen LogP contribution in [0, 0.1) is 35.3 Å². The van der Waals surface area contributed by atoms with E-state index >= 15 is 0 Å². The molecular weight excluding hydrogens is 390 g/mol. The molecule has 0 N–H and O–H groups in total. The Bertz CT molecular complexity index is 727. The Hall–Kier alpha value is -1.38. The van der Waals surface area contributed by atoms with Crippen molar-refractivity contribution in [2.45, 2.75) is 103 Å². The Morgan fingerprint density at radius 2 is 1.45 bits per heavy atom. The lowest BCUT2D eigenvalue weighted by Gasteiger charge is -2.38. The molecule has 1 aromatic carbocycles. The van der Waals surface area contributed by atoms with Crippen LogP contribution in [0.4, 0.5) is 8.78 Å². The van der Waals surface area contributed by atoms with Gasteiger partial charge in [-0.1, -0.05) is 51.5 Å². The SMILES string of the molecule is CCCC1CCC(C2CCC(CCC=CC3CCc4cc(F)c(F)cc4O3)CC2)CC1. The van der Waals surface area contributed by atoms with Crippen LogP contribution < -0.4 is 4.74 Å². The van der Waals surface area contributed by atoms with Crippen molar-refractivity contribution < 1.29 is 13.5 Å². The number of benzene rings is 1. The molecule has 1 aliphatic heterocycles. The largest absolute Gasteiger partial charge is 0.486 e. The van der Waals surface area contributed by atoms with Crippen LogP contribution in [-0.2, 0) is 6.42 Å². The number of hydrogen-bond donors (Lipinski definition) is 0. The quantitative estimate of drug-likeness (QED) is 0.395. The summed E-state index contributed by atoms with van der Waals surface area (Å²) in [6.07, 6.45) is 22.8. The number of halogens is 2. The summed E-state index contributed by atoms with van der Waals surface area (Å²) in [6.45, 7) is 2.33. The number of aryl methyl sites for hydroxylation is 1. The Balaban J connectivity index is 1.14. The third kappa shape index (κ3) is 6.11. The minimum Gasteiger partial charge on any atom is -0.486 e. The predicted molar refractivity (Wildman–Crippen MR) is 123 cm³/mol. The lowest BCUT2D eigenvalue weighted by atomic mass is 9.68. The van der Waals surface area contributed by atoms with Gasteiger partial charge in [0.15, 0.2) is 11.6 Å². The minimum atomic E-state index is -0.826. The van der Waals surface area contributed by atoms with Gasteiger partial charge < -0.3 is 4.74 Å². The number of fused-ring (bicyclic) bond motifs is 1. The van der Waals surface area contributed by atoms with E-state index in [0.717, 1.165) is 48.5 Å². The Kier molecular flexibility index (Phi) is 8.07. The van der Waals surface area contributed by atoms with Crippen LogP contribution in [0.15, 0.2) is 24.3 Å². The number of hydrogen-bond acceptors (Lipinski definition) is 1. The van der Waals surface area contributed by atoms with Crippen molar-refractivity contribution in [2.24, 2.45) is 23.7 Å². The molecule has 0 saturated heterocycles. The third-order valence-corrected chi connectivity index (χ3v) is 8.32. The van der Waals surface area contributed by atoms with Gasteiger partial charge in [0.1, 0.15) is 11.9 Å². The van der Waals surface area contributed by atoms with Crippen molar-refractivity contribution in [3.8, 4) is 5.75 Å². The first-order valence-corrected chi connectivity index (χ1v) is 12.9. The van der Waals surface area contributed by atoms with Gasteiger partial charge in [0.25, 0.3) is 0 Å². The molecule has 172 valence electrons. The van der Waals surface area contributed by atoms with Gasteiger partial charge in [0.05, 0.1) is 0 Å². The van der Waals surface area contributed by atoms with Crippen LogP contribution >= 0.6 is 0 Å². The third-order valence-electron chi connectivity index (χ3n) is 8.32. The summed E-state index contributed by atoms with van der Waals surface area (Å²) >= 11 is 0. The highest BCUT2D eigenvalue weighted by atomic mass is 19.2. The first-order valence-electron chi connectivity index (χ1n) is 12.9. The van der Waals surface area contributed by atoms with E-state index in [4.69, 9.17) is 4.74 Å². The highest BCUT2D eigenvalue weighted by molar-refractivity contribution is 5.37. The van der Waals surface area contributed by atoms with Crippen LogP contribution in [0.3, 0.4) is 0 Å². The van der Waals surface area contributed by atoms with E-state index in [1.54, 1.807) is 0 Å². The second-order valence-corrected chi connectivity index (χ2v) is 10.4. The molecule has 0 radical (unpaired) electrons. The molecule has 2 saturated carbocycles. The fourth-order valence-electron chi connectivity index (χ4n) is 6.41. The molecule has 1 heterocycles. The topological polar surface area (TPSA) is 9.23 Å². The zero-order chi connectivity index (χ0) is 21.6. The number of ether oxygens (including phenoxy) is 1. The van der Waals surface area contributed by atoms with E-state index in [2.05, 4.69) is 19.1 Å². The highest BCUT2D eigenvalue weighted by Crippen LogP contribution is 2.43. The fraction of sp³-hybridized carbons (Fsp3) is 0.714. The molecule has 31 heavy (non-hydrogen) atoms. The molecule has 0 aromatic heterocycles. The summed E-state index contributed by atoms with van der Waals surface area (Å²) in [7, 11) is 0. The van der Waals surface area contributed by atoms with Gasteiger partial charge in [-0.25, -0.2) is 8.78 Å². The van der Waals surface area contributed by atoms with Crippen molar-refractivity contribution >= 4 is 0 Å². The maximum atomic E-state index is 13.5. The van der Waals surface area contributed by atoms with Crippen molar-refractivity contribution in [2.75, 3.05) is 0 Å². The lowest BCUT2D eigenvalue weighted by Crippen LogP contribution is -2.25. The maximum absolute atomic E-state index is 13.5. The molecule has 1 atom stereocenters. The van der Waals surface area contributed by atoms with Gasteiger partial charge in [-0.3, -0.25) is 0 Å². The number of allylic oxidation sites excluding steroid dienone is 1. The van der Waals surface area contributed by atoms with Crippen molar-refractivity contribution in [3.05, 3.63) is 41.5 Å². The van der Waals surface area contributed by atoms with Crippen molar-refractivity contribution in [3.63, 3.8) is 0 Å². The van der Waals surface area contributed by atoms with Gasteiger partial charge in [-0.05, 0) is 92.7 Å². The Morgan fingerprint density at radius 3 is 2.10 bits per heavy atom. The molecule has 4 rings (SSSR count). The second kappa shape index (κ2) is 11.0. The highest BCUT2D eigenvalue weighted by Gasteiger charge is 2.30. The van der Waals surface area contributed by atoms with Gasteiger partial charge in [-0.2, -0.15) is 0 Å². The average Bonchev–Trinajstić information content (AvgIpc) is 2.79. The molecular formula is C28H40F2O. The first kappa shape index (κ1) is 22.8. The number of rotatable bonds is 7. The molecule has 0 bridgehead atoms. The monoisotopic (exact) mass is 430 g/mol. The lowest BCUT2D eigenvalue weighted by molar-refractivity contribution is 0.141. The molecule has 2 fully saturated rings. The first-order chi connectivity index (χ1) is 15.1. The van der Waals surface area contributed by atoms with E-state index < -0.39 is 11.6 Å². The van der Waals surface area contributed by atoms with Gasteiger partial charge >= 0.3 is 0 Å². The van der Waals surface area contributed by atoms with E-state index in [1.165, 1.54) is 82.8 Å². The molecule has 1 unspecified atom stereocenters. The van der Waals surface area contributed by atoms with Gasteiger partial charge in [0, 0.05) is 6.07 Å². The van der Waals surface area contributed by atoms with Crippen LogP contribution in [0.1, 0.15) is 96.0 Å². The van der Waals surface area contributed by atoms with Crippen LogP contribution in [0.25, 0.3) is 0 Å². The van der Waals surface area contributed by atoms with Crippen molar-refractivity contribution in [1.29, 1.82) is 0 Å². The van der Waals surface area contributed by atoms with Gasteiger partial charge in [0.2, 0.25) is 0 Å². The molecule has 1 nitrogen and oxygen atoms in total. The van der Waals surface area contributed by atoms with E-state index in [1.807, 2.05) is 0 Å². The van der Waals surface area contributed by atoms with Gasteiger partial charge in [-0.15, -0.1) is 0 Å². The smallest absolute Gasteiger partial charge is 0.162 e. The molecule has 0 amide bonds. The van der Waals surface area contributed by atoms with E-state index in [0.29, 0.717) is 5.75 Å². The summed E-state index contributed by atoms with van der Waals surface area (Å²) in [5, 5.41) is 0. The zero-order valence-electron chi connectivity index (χ0n) is 19.3. The predicted octanol–water partition coefficient (Wildman–Crippen LogP) is 8.41. The average molecular weight is 431 g/mol. The van der Waals surface area contributed by atoms with E-state index in [9.17, 15) is 8.78 Å². The summed E-state index contributed by atoms with van der Waals surface area (Å²) < 4.78 is 32.7. The minimum absolute atomic E-state index is 0.0177. The fourth-order valence-corrected chi connectivity index (χ4v) is 6.41. The molecule has 1 aromatic rings. The zero-order valence-corrected chi connectivity index (χ0v) is 19.3. The van der Waals surface area contributed by atoms with Crippen LogP contribution in [0.5, 0.6) is 5.75 Å². The van der Waals surface area contributed by atoms with E-state index in [-0.39, 0.29) is 6.10 Å². The van der Waals surface area contributed by atoms with Crippen molar-refractivity contribution in [1.82, 2.24) is 0 Å².